The first kappa shape index (κ1) is 19.6. The number of thioether (sulfide) groups is 1. The summed E-state index contributed by atoms with van der Waals surface area (Å²) in [5, 5.41) is 6.95. The lowest BCUT2D eigenvalue weighted by atomic mass is 10.3. The lowest BCUT2D eigenvalue weighted by molar-refractivity contribution is 0.173. The molecule has 4 N–H and O–H groups in total. The molecule has 0 bridgehead atoms. The molecule has 3 heterocycles. The maximum atomic E-state index is 6.09. The average molecular weight is 514 g/mol. The molecule has 4 rings (SSSR count). The third-order valence-corrected chi connectivity index (χ3v) is 7.12. The van der Waals surface area contributed by atoms with Crippen LogP contribution in [0.1, 0.15) is 20.3 Å². The maximum absolute atomic E-state index is 6.09. The van der Waals surface area contributed by atoms with Crippen LogP contribution in [-0.4, -0.2) is 41.4 Å². The Balaban J connectivity index is 1.54. The van der Waals surface area contributed by atoms with Gasteiger partial charge in [-0.15, -0.1) is 0 Å². The van der Waals surface area contributed by atoms with Crippen LogP contribution in [0.2, 0.25) is 0 Å². The summed E-state index contributed by atoms with van der Waals surface area (Å²) < 4.78 is 12.1. The molecule has 2 aromatic rings. The van der Waals surface area contributed by atoms with Gasteiger partial charge in [-0.05, 0) is 47.7 Å². The van der Waals surface area contributed by atoms with E-state index in [4.69, 9.17) is 15.2 Å². The highest BCUT2D eigenvalue weighted by Crippen LogP contribution is 2.46. The molecule has 8 nitrogen and oxygen atoms in total. The van der Waals surface area contributed by atoms with Gasteiger partial charge in [0.25, 0.3) is 0 Å². The predicted molar refractivity (Wildman–Crippen MR) is 120 cm³/mol. The maximum Gasteiger partial charge on any atom is 0.231 e. The average Bonchev–Trinajstić information content (AvgIpc) is 3.27. The monoisotopic (exact) mass is 514 g/mol. The fourth-order valence-electron chi connectivity index (χ4n) is 3.15. The molecule has 0 spiro atoms. The molecule has 0 fully saturated rings. The molecule has 0 amide bonds. The molecule has 0 saturated carbocycles. The number of rotatable bonds is 7. The number of halogens is 1. The largest absolute Gasteiger partial charge is 0.454 e. The molecule has 0 aliphatic carbocycles. The lowest BCUT2D eigenvalue weighted by Crippen LogP contribution is -2.36. The van der Waals surface area contributed by atoms with Gasteiger partial charge in [-0.3, -0.25) is 0 Å². The Morgan fingerprint density at radius 1 is 1.39 bits per heavy atom. The number of nitrogen functional groups attached to an aromatic ring is 1. The SMILES string of the molecule is CC(C)NCCCN1c2ncnc(N)c2N[C@@H]1Sc1ccc2c(c1I)OCO2. The molecule has 1 aromatic heterocycles. The molecule has 0 saturated heterocycles. The number of anilines is 3. The van der Waals surface area contributed by atoms with Gasteiger partial charge in [-0.25, -0.2) is 9.97 Å². The highest BCUT2D eigenvalue weighted by molar-refractivity contribution is 14.1. The Morgan fingerprint density at radius 2 is 2.25 bits per heavy atom. The van der Waals surface area contributed by atoms with E-state index in [2.05, 4.69) is 68.0 Å². The third-order valence-electron chi connectivity index (χ3n) is 4.49. The molecule has 2 aliphatic heterocycles. The van der Waals surface area contributed by atoms with Gasteiger partial charge in [0.1, 0.15) is 12.0 Å². The van der Waals surface area contributed by atoms with E-state index in [1.54, 1.807) is 11.8 Å². The van der Waals surface area contributed by atoms with E-state index in [-0.39, 0.29) is 12.3 Å². The number of hydrogen-bond acceptors (Lipinski definition) is 9. The zero-order valence-corrected chi connectivity index (χ0v) is 18.7. The minimum Gasteiger partial charge on any atom is -0.454 e. The van der Waals surface area contributed by atoms with Gasteiger partial charge in [-0.2, -0.15) is 0 Å². The molecular weight excluding hydrogens is 491 g/mol. The summed E-state index contributed by atoms with van der Waals surface area (Å²) >= 11 is 4.02. The van der Waals surface area contributed by atoms with E-state index in [9.17, 15) is 0 Å². The van der Waals surface area contributed by atoms with Crippen LogP contribution in [0.4, 0.5) is 17.3 Å². The molecule has 28 heavy (non-hydrogen) atoms. The molecule has 2 aliphatic rings. The topological polar surface area (TPSA) is 97.6 Å². The Labute approximate surface area is 182 Å². The van der Waals surface area contributed by atoms with Gasteiger partial charge in [0.15, 0.2) is 28.6 Å². The fraction of sp³-hybridized carbons (Fsp3) is 0.444. The zero-order chi connectivity index (χ0) is 19.7. The second kappa shape index (κ2) is 8.37. The van der Waals surface area contributed by atoms with Crippen molar-refractivity contribution >= 4 is 51.7 Å². The van der Waals surface area contributed by atoms with Crippen molar-refractivity contribution in [2.75, 3.05) is 35.8 Å². The highest BCUT2D eigenvalue weighted by Gasteiger charge is 2.33. The van der Waals surface area contributed by atoms with Crippen LogP contribution in [0.15, 0.2) is 23.4 Å². The zero-order valence-electron chi connectivity index (χ0n) is 15.7. The molecular formula is C18H23IN6O2S. The van der Waals surface area contributed by atoms with Gasteiger partial charge in [0.05, 0.1) is 3.57 Å². The summed E-state index contributed by atoms with van der Waals surface area (Å²) in [6.45, 7) is 6.38. The molecule has 10 heteroatoms. The van der Waals surface area contributed by atoms with Crippen LogP contribution in [-0.2, 0) is 0 Å². The molecule has 1 aromatic carbocycles. The van der Waals surface area contributed by atoms with E-state index >= 15 is 0 Å². The van der Waals surface area contributed by atoms with E-state index in [0.717, 1.165) is 51.0 Å². The van der Waals surface area contributed by atoms with Crippen molar-refractivity contribution < 1.29 is 9.47 Å². The fourth-order valence-corrected chi connectivity index (χ4v) is 5.22. The van der Waals surface area contributed by atoms with Gasteiger partial charge < -0.3 is 30.7 Å². The van der Waals surface area contributed by atoms with Crippen molar-refractivity contribution in [2.24, 2.45) is 0 Å². The van der Waals surface area contributed by atoms with Crippen LogP contribution >= 0.6 is 34.4 Å². The Hall–Kier alpha value is -1.66. The summed E-state index contributed by atoms with van der Waals surface area (Å²) in [5.74, 6) is 2.93. The Bertz CT molecular complexity index is 868. The molecule has 150 valence electrons. The van der Waals surface area contributed by atoms with E-state index < -0.39 is 0 Å². The number of ether oxygens (including phenoxy) is 2. The lowest BCUT2D eigenvalue weighted by Gasteiger charge is -2.26. The van der Waals surface area contributed by atoms with Crippen LogP contribution in [0.5, 0.6) is 11.5 Å². The van der Waals surface area contributed by atoms with Gasteiger partial charge in [0.2, 0.25) is 6.79 Å². The van der Waals surface area contributed by atoms with E-state index in [0.29, 0.717) is 11.9 Å². The third kappa shape index (κ3) is 3.90. The second-order valence-electron chi connectivity index (χ2n) is 6.84. The standard InChI is InChI=1S/C18H23IN6O2S/c1-10(2)21-6-3-7-25-17-14(16(20)22-8-23-17)24-18(25)28-12-5-4-11-15(13(12)19)27-9-26-11/h4-5,8,10,18,21,24H,3,6-7,9H2,1-2H3,(H2,20,22,23)/t18-/m0/s1. The number of fused-ring (bicyclic) bond motifs is 2. The number of nitrogens with zero attached hydrogens (tertiary/aromatic N) is 3. The predicted octanol–water partition coefficient (Wildman–Crippen LogP) is 3.09. The number of nitrogens with two attached hydrogens (primary N) is 1. The van der Waals surface area contributed by atoms with Crippen molar-refractivity contribution in [3.63, 3.8) is 0 Å². The van der Waals surface area contributed by atoms with E-state index in [1.807, 2.05) is 6.07 Å². The van der Waals surface area contributed by atoms with Gasteiger partial charge >= 0.3 is 0 Å². The summed E-state index contributed by atoms with van der Waals surface area (Å²) in [6.07, 6.45) is 2.52. The first-order valence-electron chi connectivity index (χ1n) is 9.16. The second-order valence-corrected chi connectivity index (χ2v) is 9.04. The summed E-state index contributed by atoms with van der Waals surface area (Å²) in [7, 11) is 0. The highest BCUT2D eigenvalue weighted by atomic mass is 127. The number of nitrogens with one attached hydrogen (secondary N) is 2. The van der Waals surface area contributed by atoms with Gasteiger partial charge in [-0.1, -0.05) is 25.6 Å². The number of hydrogen-bond donors (Lipinski definition) is 3. The number of aromatic nitrogens is 2. The molecule has 0 unspecified atom stereocenters. The Kier molecular flexibility index (Phi) is 5.88. The van der Waals surface area contributed by atoms with Crippen molar-refractivity contribution in [2.45, 2.75) is 36.7 Å². The summed E-state index contributed by atoms with van der Waals surface area (Å²) in [6, 6.07) is 4.50. The smallest absolute Gasteiger partial charge is 0.231 e. The quantitative estimate of drug-likeness (QED) is 0.381. The van der Waals surface area contributed by atoms with Crippen LogP contribution in [0, 0.1) is 3.57 Å². The van der Waals surface area contributed by atoms with Crippen molar-refractivity contribution in [3.8, 4) is 11.5 Å². The van der Waals surface area contributed by atoms with Crippen LogP contribution < -0.4 is 30.7 Å². The first-order chi connectivity index (χ1) is 13.5. The summed E-state index contributed by atoms with van der Waals surface area (Å²) in [4.78, 5) is 12.0. The normalized spacial score (nSPS) is 17.1. The minimum atomic E-state index is -0.0260. The van der Waals surface area contributed by atoms with Crippen LogP contribution in [0.25, 0.3) is 0 Å². The molecule has 0 radical (unpaired) electrons. The first-order valence-corrected chi connectivity index (χ1v) is 11.1. The van der Waals surface area contributed by atoms with Gasteiger partial charge in [0, 0.05) is 17.5 Å². The van der Waals surface area contributed by atoms with Crippen molar-refractivity contribution in [3.05, 3.63) is 22.0 Å². The molecule has 1 atom stereocenters. The summed E-state index contributed by atoms with van der Waals surface area (Å²) in [5.41, 5.74) is 6.86. The number of benzene rings is 1. The minimum absolute atomic E-state index is 0.0260. The van der Waals surface area contributed by atoms with Crippen molar-refractivity contribution in [1.29, 1.82) is 0 Å². The van der Waals surface area contributed by atoms with Crippen molar-refractivity contribution in [1.82, 2.24) is 15.3 Å². The Morgan fingerprint density at radius 3 is 3.07 bits per heavy atom. The van der Waals surface area contributed by atoms with E-state index in [1.165, 1.54) is 6.33 Å². The van der Waals surface area contributed by atoms with Crippen LogP contribution in [0.3, 0.4) is 0 Å².